The molecule has 0 radical (unpaired) electrons. The summed E-state index contributed by atoms with van der Waals surface area (Å²) < 4.78 is 11.2. The highest BCUT2D eigenvalue weighted by molar-refractivity contribution is 5.95. The largest absolute Gasteiger partial charge is 0.475 e. The SMILES string of the molecule is Cc1cc(C(=O)NCc2ccnc(OC(C)CC(C)C)c2)c(C)o1. The molecule has 0 aliphatic rings. The van der Waals surface area contributed by atoms with Crippen molar-refractivity contribution in [3.05, 3.63) is 47.0 Å². The quantitative estimate of drug-likeness (QED) is 0.832. The zero-order valence-corrected chi connectivity index (χ0v) is 15.1. The molecule has 5 nitrogen and oxygen atoms in total. The van der Waals surface area contributed by atoms with Gasteiger partial charge in [-0.2, -0.15) is 0 Å². The van der Waals surface area contributed by atoms with Crippen LogP contribution in [0.3, 0.4) is 0 Å². The number of nitrogens with zero attached hydrogens (tertiary/aromatic N) is 1. The van der Waals surface area contributed by atoms with E-state index < -0.39 is 0 Å². The Morgan fingerprint density at radius 1 is 1.29 bits per heavy atom. The lowest BCUT2D eigenvalue weighted by molar-refractivity contribution is 0.0949. The number of aromatic nitrogens is 1. The molecule has 1 amide bonds. The first-order chi connectivity index (χ1) is 11.3. The number of hydrogen-bond acceptors (Lipinski definition) is 4. The molecule has 0 saturated carbocycles. The topological polar surface area (TPSA) is 64.4 Å². The lowest BCUT2D eigenvalue weighted by Gasteiger charge is -2.16. The maximum absolute atomic E-state index is 12.2. The molecule has 2 aromatic rings. The van der Waals surface area contributed by atoms with Crippen LogP contribution in [0.5, 0.6) is 5.88 Å². The van der Waals surface area contributed by atoms with Crippen molar-refractivity contribution < 1.29 is 13.9 Å². The van der Waals surface area contributed by atoms with Gasteiger partial charge in [0, 0.05) is 18.8 Å². The first-order valence-corrected chi connectivity index (χ1v) is 8.32. The van der Waals surface area contributed by atoms with E-state index in [2.05, 4.69) is 24.1 Å². The number of hydrogen-bond donors (Lipinski definition) is 1. The third kappa shape index (κ3) is 5.11. The van der Waals surface area contributed by atoms with Gasteiger partial charge in [0.25, 0.3) is 5.91 Å². The molecule has 2 heterocycles. The van der Waals surface area contributed by atoms with Gasteiger partial charge in [-0.1, -0.05) is 13.8 Å². The standard InChI is InChI=1S/C19H26N2O3/c1-12(2)8-13(3)24-18-10-16(6-7-20-18)11-21-19(22)17-9-14(4)23-15(17)5/h6-7,9-10,12-13H,8,11H2,1-5H3,(H,21,22). The van der Waals surface area contributed by atoms with Crippen molar-refractivity contribution in [2.24, 2.45) is 5.92 Å². The Morgan fingerprint density at radius 3 is 2.67 bits per heavy atom. The minimum absolute atomic E-state index is 0.110. The zero-order chi connectivity index (χ0) is 17.7. The Hall–Kier alpha value is -2.30. The third-order valence-corrected chi connectivity index (χ3v) is 3.66. The van der Waals surface area contributed by atoms with E-state index in [0.717, 1.165) is 17.7 Å². The summed E-state index contributed by atoms with van der Waals surface area (Å²) in [6.07, 6.45) is 2.78. The van der Waals surface area contributed by atoms with Crippen LogP contribution in [0.2, 0.25) is 0 Å². The molecule has 1 unspecified atom stereocenters. The van der Waals surface area contributed by atoms with Crippen LogP contribution in [-0.2, 0) is 6.54 Å². The van der Waals surface area contributed by atoms with Gasteiger partial charge in [0.15, 0.2) is 0 Å². The molecule has 1 atom stereocenters. The molecule has 24 heavy (non-hydrogen) atoms. The minimum Gasteiger partial charge on any atom is -0.475 e. The summed E-state index contributed by atoms with van der Waals surface area (Å²) in [5.74, 6) is 2.38. The van der Waals surface area contributed by atoms with E-state index >= 15 is 0 Å². The summed E-state index contributed by atoms with van der Waals surface area (Å²) in [5, 5.41) is 2.90. The number of furan rings is 1. The molecule has 0 fully saturated rings. The molecule has 2 aromatic heterocycles. The summed E-state index contributed by atoms with van der Waals surface area (Å²) in [4.78, 5) is 16.5. The number of carbonyl (C=O) groups excluding carboxylic acids is 1. The number of amides is 1. The molecule has 0 aliphatic heterocycles. The minimum atomic E-state index is -0.142. The van der Waals surface area contributed by atoms with Gasteiger partial charge in [-0.15, -0.1) is 0 Å². The summed E-state index contributed by atoms with van der Waals surface area (Å²) in [7, 11) is 0. The molecule has 0 spiro atoms. The highest BCUT2D eigenvalue weighted by atomic mass is 16.5. The zero-order valence-electron chi connectivity index (χ0n) is 15.1. The average Bonchev–Trinajstić information content (AvgIpc) is 2.83. The third-order valence-electron chi connectivity index (χ3n) is 3.66. The number of rotatable bonds is 7. The van der Waals surface area contributed by atoms with E-state index in [4.69, 9.17) is 9.15 Å². The number of carbonyl (C=O) groups is 1. The molecule has 130 valence electrons. The van der Waals surface area contributed by atoms with E-state index in [1.165, 1.54) is 0 Å². The average molecular weight is 330 g/mol. The Labute approximate surface area is 143 Å². The van der Waals surface area contributed by atoms with E-state index in [-0.39, 0.29) is 12.0 Å². The van der Waals surface area contributed by atoms with Gasteiger partial charge in [0.1, 0.15) is 11.5 Å². The van der Waals surface area contributed by atoms with Gasteiger partial charge in [-0.05, 0) is 50.8 Å². The van der Waals surface area contributed by atoms with Crippen LogP contribution in [-0.4, -0.2) is 17.0 Å². The second kappa shape index (κ2) is 7.99. The monoisotopic (exact) mass is 330 g/mol. The molecule has 0 saturated heterocycles. The smallest absolute Gasteiger partial charge is 0.255 e. The van der Waals surface area contributed by atoms with E-state index in [0.29, 0.717) is 29.7 Å². The molecule has 5 heteroatoms. The fourth-order valence-corrected chi connectivity index (χ4v) is 2.68. The molecular formula is C19H26N2O3. The highest BCUT2D eigenvalue weighted by Crippen LogP contribution is 2.16. The van der Waals surface area contributed by atoms with Crippen LogP contribution in [0.4, 0.5) is 0 Å². The van der Waals surface area contributed by atoms with Crippen LogP contribution in [0.15, 0.2) is 28.8 Å². The number of pyridine rings is 1. The summed E-state index contributed by atoms with van der Waals surface area (Å²) in [6, 6.07) is 5.48. The van der Waals surface area contributed by atoms with Gasteiger partial charge >= 0.3 is 0 Å². The first-order valence-electron chi connectivity index (χ1n) is 8.32. The fraction of sp³-hybridized carbons (Fsp3) is 0.474. The Morgan fingerprint density at radius 2 is 2.04 bits per heavy atom. The molecule has 0 aromatic carbocycles. The Kier molecular flexibility index (Phi) is 6.01. The van der Waals surface area contributed by atoms with Crippen LogP contribution >= 0.6 is 0 Å². The summed E-state index contributed by atoms with van der Waals surface area (Å²) >= 11 is 0. The van der Waals surface area contributed by atoms with E-state index in [9.17, 15) is 4.79 Å². The van der Waals surface area contributed by atoms with Crippen molar-refractivity contribution >= 4 is 5.91 Å². The van der Waals surface area contributed by atoms with Crippen LogP contribution in [0.1, 0.15) is 54.6 Å². The van der Waals surface area contributed by atoms with Gasteiger partial charge in [0.2, 0.25) is 5.88 Å². The summed E-state index contributed by atoms with van der Waals surface area (Å²) in [6.45, 7) is 10.4. The van der Waals surface area contributed by atoms with Crippen molar-refractivity contribution in [2.75, 3.05) is 0 Å². The van der Waals surface area contributed by atoms with Crippen molar-refractivity contribution in [3.8, 4) is 5.88 Å². The van der Waals surface area contributed by atoms with Crippen molar-refractivity contribution in [1.82, 2.24) is 10.3 Å². The van der Waals surface area contributed by atoms with Gasteiger partial charge in [-0.25, -0.2) is 4.98 Å². The van der Waals surface area contributed by atoms with Gasteiger partial charge in [-0.3, -0.25) is 4.79 Å². The van der Waals surface area contributed by atoms with Crippen molar-refractivity contribution in [1.29, 1.82) is 0 Å². The normalized spacial score (nSPS) is 12.2. The first kappa shape index (κ1) is 18.0. The lowest BCUT2D eigenvalue weighted by atomic mass is 10.1. The Bertz CT molecular complexity index is 692. The second-order valence-electron chi connectivity index (χ2n) is 6.57. The van der Waals surface area contributed by atoms with Crippen molar-refractivity contribution in [3.63, 3.8) is 0 Å². The van der Waals surface area contributed by atoms with Crippen LogP contribution < -0.4 is 10.1 Å². The van der Waals surface area contributed by atoms with Gasteiger partial charge < -0.3 is 14.5 Å². The molecule has 0 aliphatic carbocycles. The predicted molar refractivity (Wildman–Crippen MR) is 93.1 cm³/mol. The Balaban J connectivity index is 1.94. The molecule has 2 rings (SSSR count). The predicted octanol–water partition coefficient (Wildman–Crippen LogP) is 4.03. The van der Waals surface area contributed by atoms with E-state index in [1.54, 1.807) is 19.2 Å². The van der Waals surface area contributed by atoms with Crippen molar-refractivity contribution in [2.45, 2.75) is 53.7 Å². The summed E-state index contributed by atoms with van der Waals surface area (Å²) in [5.41, 5.74) is 1.52. The lowest BCUT2D eigenvalue weighted by Crippen LogP contribution is -2.23. The highest BCUT2D eigenvalue weighted by Gasteiger charge is 2.13. The second-order valence-corrected chi connectivity index (χ2v) is 6.57. The number of ether oxygens (including phenoxy) is 1. The van der Waals surface area contributed by atoms with E-state index in [1.807, 2.05) is 26.0 Å². The molecule has 0 bridgehead atoms. The number of aryl methyl sites for hydroxylation is 2. The maximum atomic E-state index is 12.2. The molecule has 1 N–H and O–H groups in total. The molecular weight excluding hydrogens is 304 g/mol. The fourth-order valence-electron chi connectivity index (χ4n) is 2.68. The maximum Gasteiger partial charge on any atom is 0.255 e. The van der Waals surface area contributed by atoms with Crippen LogP contribution in [0, 0.1) is 19.8 Å². The van der Waals surface area contributed by atoms with Crippen LogP contribution in [0.25, 0.3) is 0 Å². The number of nitrogens with one attached hydrogen (secondary N) is 1. The van der Waals surface area contributed by atoms with Gasteiger partial charge in [0.05, 0.1) is 11.7 Å².